The maximum atomic E-state index is 12.9. The summed E-state index contributed by atoms with van der Waals surface area (Å²) >= 11 is 1.35. The number of hydrogen-bond donors (Lipinski definition) is 1. The van der Waals surface area contributed by atoms with Gasteiger partial charge in [0, 0.05) is 22.6 Å². The lowest BCUT2D eigenvalue weighted by atomic mass is 9.53. The number of carbonyl (C=O) groups is 2. The maximum absolute atomic E-state index is 12.9. The molecule has 178 valence electrons. The Bertz CT molecular complexity index is 1070. The van der Waals surface area contributed by atoms with E-state index in [9.17, 15) is 19.7 Å². The third-order valence-corrected chi connectivity index (χ3v) is 8.50. The second-order valence-corrected chi connectivity index (χ2v) is 11.0. The number of hydrogen-bond acceptors (Lipinski definition) is 6. The van der Waals surface area contributed by atoms with E-state index in [1.54, 1.807) is 24.3 Å². The first kappa shape index (κ1) is 22.9. The Kier molecular flexibility index (Phi) is 6.34. The summed E-state index contributed by atoms with van der Waals surface area (Å²) in [6, 6.07) is 13.0. The third-order valence-electron chi connectivity index (χ3n) is 7.43. The van der Waals surface area contributed by atoms with Crippen molar-refractivity contribution in [2.75, 3.05) is 5.75 Å². The zero-order valence-corrected chi connectivity index (χ0v) is 19.7. The predicted molar refractivity (Wildman–Crippen MR) is 128 cm³/mol. The highest BCUT2D eigenvalue weighted by Gasteiger charge is 2.51. The number of nitrogens with one attached hydrogen (secondary N) is 1. The lowest BCUT2D eigenvalue weighted by molar-refractivity contribution is -0.384. The Hall–Kier alpha value is -2.87. The second-order valence-electron chi connectivity index (χ2n) is 10.0. The molecule has 1 N–H and O–H groups in total. The molecule has 0 radical (unpaired) electrons. The summed E-state index contributed by atoms with van der Waals surface area (Å²) in [4.78, 5) is 36.6. The van der Waals surface area contributed by atoms with E-state index in [1.807, 2.05) is 12.1 Å². The lowest BCUT2D eigenvalue weighted by Gasteiger charge is -2.56. The molecule has 0 unspecified atom stereocenters. The predicted octanol–water partition coefficient (Wildman–Crippen LogP) is 5.13. The number of carbonyl (C=O) groups excluding carboxylic acids is 2. The van der Waals surface area contributed by atoms with E-state index in [0.717, 1.165) is 37.0 Å². The van der Waals surface area contributed by atoms with Crippen molar-refractivity contribution < 1.29 is 19.2 Å². The van der Waals surface area contributed by atoms with Gasteiger partial charge in [-0.3, -0.25) is 14.9 Å². The molecule has 4 bridgehead atoms. The van der Waals surface area contributed by atoms with Gasteiger partial charge < -0.3 is 10.1 Å². The number of ether oxygens (including phenoxy) is 1. The highest BCUT2D eigenvalue weighted by atomic mass is 32.2. The molecule has 4 aliphatic carbocycles. The van der Waals surface area contributed by atoms with E-state index < -0.39 is 10.9 Å². The molecular formula is C26H28N2O5S. The monoisotopic (exact) mass is 480 g/mol. The summed E-state index contributed by atoms with van der Waals surface area (Å²) < 4.78 is 5.43. The molecule has 0 saturated heterocycles. The molecule has 34 heavy (non-hydrogen) atoms. The molecule has 7 nitrogen and oxygen atoms in total. The zero-order valence-electron chi connectivity index (χ0n) is 18.9. The second kappa shape index (κ2) is 9.41. The first-order chi connectivity index (χ1) is 16.4. The van der Waals surface area contributed by atoms with E-state index >= 15 is 0 Å². The van der Waals surface area contributed by atoms with Crippen molar-refractivity contribution in [3.05, 3.63) is 69.8 Å². The standard InChI is InChI=1S/C26H28N2O5S/c29-24(27-26-12-18-9-19(13-26)11-20(10-18)14-26)16-34-23-4-2-1-3-22(23)25(30)33-15-17-5-7-21(8-6-17)28(31)32/h1-8,18-20H,9-16H2,(H,27,29). The molecule has 1 amide bonds. The maximum Gasteiger partial charge on any atom is 0.339 e. The van der Waals surface area contributed by atoms with Crippen molar-refractivity contribution >= 4 is 29.3 Å². The van der Waals surface area contributed by atoms with Gasteiger partial charge in [-0.1, -0.05) is 12.1 Å². The number of rotatable bonds is 8. The van der Waals surface area contributed by atoms with Crippen molar-refractivity contribution in [1.29, 1.82) is 0 Å². The van der Waals surface area contributed by atoms with E-state index in [-0.39, 0.29) is 29.5 Å². The van der Waals surface area contributed by atoms with Crippen LogP contribution in [-0.4, -0.2) is 28.1 Å². The van der Waals surface area contributed by atoms with Gasteiger partial charge >= 0.3 is 5.97 Å². The van der Waals surface area contributed by atoms with Crippen LogP contribution >= 0.6 is 11.8 Å². The molecule has 0 atom stereocenters. The van der Waals surface area contributed by atoms with Gasteiger partial charge in [-0.05, 0) is 86.1 Å². The van der Waals surface area contributed by atoms with Crippen LogP contribution in [0.2, 0.25) is 0 Å². The number of non-ortho nitro benzene ring substituents is 1. The minimum atomic E-state index is -0.483. The minimum Gasteiger partial charge on any atom is -0.457 e. The third kappa shape index (κ3) is 4.97. The van der Waals surface area contributed by atoms with Crippen LogP contribution in [0.5, 0.6) is 0 Å². The van der Waals surface area contributed by atoms with E-state index in [4.69, 9.17) is 4.74 Å². The van der Waals surface area contributed by atoms with Crippen LogP contribution < -0.4 is 5.32 Å². The molecule has 0 heterocycles. The fourth-order valence-corrected chi connectivity index (χ4v) is 7.28. The fourth-order valence-electron chi connectivity index (χ4n) is 6.44. The van der Waals surface area contributed by atoms with Crippen molar-refractivity contribution in [2.24, 2.45) is 17.8 Å². The van der Waals surface area contributed by atoms with Crippen LogP contribution in [0.15, 0.2) is 53.4 Å². The summed E-state index contributed by atoms with van der Waals surface area (Å²) in [6.45, 7) is 0.0162. The summed E-state index contributed by atoms with van der Waals surface area (Å²) in [6.07, 6.45) is 7.33. The molecule has 2 aromatic carbocycles. The summed E-state index contributed by atoms with van der Waals surface area (Å²) in [5.41, 5.74) is 1.05. The first-order valence-electron chi connectivity index (χ1n) is 11.8. The Morgan fingerprint density at radius 2 is 1.62 bits per heavy atom. The van der Waals surface area contributed by atoms with Crippen LogP contribution in [0.3, 0.4) is 0 Å². The van der Waals surface area contributed by atoms with Crippen LogP contribution in [0.25, 0.3) is 0 Å². The number of benzene rings is 2. The van der Waals surface area contributed by atoms with Gasteiger partial charge in [-0.2, -0.15) is 0 Å². The van der Waals surface area contributed by atoms with E-state index in [0.29, 0.717) is 16.0 Å². The highest BCUT2D eigenvalue weighted by Crippen LogP contribution is 2.55. The van der Waals surface area contributed by atoms with Crippen LogP contribution in [0, 0.1) is 27.9 Å². The molecule has 0 aliphatic heterocycles. The molecule has 2 aromatic rings. The van der Waals surface area contributed by atoms with E-state index in [2.05, 4.69) is 5.32 Å². The Labute approximate surface area is 202 Å². The average Bonchev–Trinajstić information content (AvgIpc) is 2.80. The zero-order chi connectivity index (χ0) is 23.7. The van der Waals surface area contributed by atoms with Crippen molar-refractivity contribution in [3.63, 3.8) is 0 Å². The van der Waals surface area contributed by atoms with Gasteiger partial charge in [0.15, 0.2) is 0 Å². The first-order valence-corrected chi connectivity index (χ1v) is 12.8. The van der Waals surface area contributed by atoms with Gasteiger partial charge in [-0.25, -0.2) is 4.79 Å². The SMILES string of the molecule is O=C(CSc1ccccc1C(=O)OCc1ccc([N+](=O)[O-])cc1)NC12CC3CC(CC(C3)C1)C2. The number of nitro benzene ring substituents is 1. The average molecular weight is 481 g/mol. The Balaban J connectivity index is 1.16. The van der Waals surface area contributed by atoms with Gasteiger partial charge in [0.1, 0.15) is 6.61 Å². The molecule has 4 fully saturated rings. The van der Waals surface area contributed by atoms with Gasteiger partial charge in [0.05, 0.1) is 16.2 Å². The van der Waals surface area contributed by atoms with Crippen molar-refractivity contribution in [3.8, 4) is 0 Å². The van der Waals surface area contributed by atoms with Crippen LogP contribution in [-0.2, 0) is 16.1 Å². The highest BCUT2D eigenvalue weighted by molar-refractivity contribution is 8.00. The topological polar surface area (TPSA) is 98.5 Å². The molecule has 8 heteroatoms. The van der Waals surface area contributed by atoms with E-state index in [1.165, 1.54) is 43.2 Å². The number of nitrogens with zero attached hydrogens (tertiary/aromatic N) is 1. The minimum absolute atomic E-state index is 0.0105. The quantitative estimate of drug-likeness (QED) is 0.243. The molecule has 4 saturated carbocycles. The normalized spacial score (nSPS) is 26.8. The van der Waals surface area contributed by atoms with Crippen molar-refractivity contribution in [1.82, 2.24) is 5.32 Å². The summed E-state index contributed by atoms with van der Waals surface area (Å²) in [7, 11) is 0. The van der Waals surface area contributed by atoms with Crippen LogP contribution in [0.4, 0.5) is 5.69 Å². The number of amides is 1. The molecule has 0 aromatic heterocycles. The molecular weight excluding hydrogens is 452 g/mol. The number of nitro groups is 1. The fraction of sp³-hybridized carbons (Fsp3) is 0.462. The summed E-state index contributed by atoms with van der Waals surface area (Å²) in [5.74, 6) is 2.11. The van der Waals surface area contributed by atoms with Gasteiger partial charge in [0.25, 0.3) is 5.69 Å². The van der Waals surface area contributed by atoms with Crippen molar-refractivity contribution in [2.45, 2.75) is 55.6 Å². The molecule has 6 rings (SSSR count). The lowest BCUT2D eigenvalue weighted by Crippen LogP contribution is -2.60. The number of thioether (sulfide) groups is 1. The largest absolute Gasteiger partial charge is 0.457 e. The number of esters is 1. The molecule has 0 spiro atoms. The Morgan fingerprint density at radius 1 is 1.00 bits per heavy atom. The van der Waals surface area contributed by atoms with Crippen LogP contribution in [0.1, 0.15) is 54.4 Å². The molecule has 4 aliphatic rings. The Morgan fingerprint density at radius 3 is 2.24 bits per heavy atom. The van der Waals surface area contributed by atoms with Gasteiger partial charge in [-0.15, -0.1) is 11.8 Å². The van der Waals surface area contributed by atoms with Gasteiger partial charge in [0.2, 0.25) is 5.91 Å². The smallest absolute Gasteiger partial charge is 0.339 e. The summed E-state index contributed by atoms with van der Waals surface area (Å²) in [5, 5.41) is 14.2.